The number of ether oxygens (including phenoxy) is 1. The fourth-order valence-electron chi connectivity index (χ4n) is 4.35. The quantitative estimate of drug-likeness (QED) is 0.455. The third kappa shape index (κ3) is 6.37. The Morgan fingerprint density at radius 3 is 2.09 bits per heavy atom. The summed E-state index contributed by atoms with van der Waals surface area (Å²) in [6, 6.07) is 16.3. The average Bonchev–Trinajstić information content (AvgIpc) is 3.13. The molecule has 3 rings (SSSR count). The molecule has 3 N–H and O–H groups in total. The van der Waals surface area contributed by atoms with Crippen molar-refractivity contribution in [2.24, 2.45) is 17.8 Å². The minimum Gasteiger partial charge on any atom is -0.481 e. The van der Waals surface area contributed by atoms with E-state index in [2.05, 4.69) is 34.9 Å². The molecule has 0 saturated carbocycles. The van der Waals surface area contributed by atoms with Crippen molar-refractivity contribution in [3.05, 3.63) is 59.7 Å². The second-order valence-corrected chi connectivity index (χ2v) is 9.29. The van der Waals surface area contributed by atoms with Crippen molar-refractivity contribution in [3.8, 4) is 11.1 Å². The van der Waals surface area contributed by atoms with Crippen molar-refractivity contribution in [3.63, 3.8) is 0 Å². The summed E-state index contributed by atoms with van der Waals surface area (Å²) in [5, 5.41) is 14.6. The standard InChI is InChI=1S/C27H34N2O5/c1-17(2)19(14-25(30)31)15-29-26(32)18(3)12-13-28-27(33)34-16-24-22-10-6-4-8-20(22)21-9-5-7-11-23(21)24/h4-11,17-19,24H,12-16H2,1-3H3,(H,28,33)(H,29,32)(H,30,31). The number of alkyl carbamates (subject to hydrolysis) is 1. The van der Waals surface area contributed by atoms with Crippen molar-refractivity contribution in [1.29, 1.82) is 0 Å². The van der Waals surface area contributed by atoms with Gasteiger partial charge in [0.15, 0.2) is 0 Å². The lowest BCUT2D eigenvalue weighted by Crippen LogP contribution is -2.37. The van der Waals surface area contributed by atoms with Crippen LogP contribution in [0.15, 0.2) is 48.5 Å². The van der Waals surface area contributed by atoms with Crippen LogP contribution in [0.5, 0.6) is 0 Å². The second-order valence-electron chi connectivity index (χ2n) is 9.29. The van der Waals surface area contributed by atoms with Crippen LogP contribution in [0.1, 0.15) is 50.7 Å². The van der Waals surface area contributed by atoms with Gasteiger partial charge in [-0.15, -0.1) is 0 Å². The lowest BCUT2D eigenvalue weighted by Gasteiger charge is -2.21. The number of hydrogen-bond donors (Lipinski definition) is 3. The molecule has 0 fully saturated rings. The maximum Gasteiger partial charge on any atom is 0.407 e. The largest absolute Gasteiger partial charge is 0.481 e. The summed E-state index contributed by atoms with van der Waals surface area (Å²) in [6.45, 7) is 6.57. The summed E-state index contributed by atoms with van der Waals surface area (Å²) in [4.78, 5) is 35.6. The number of fused-ring (bicyclic) bond motifs is 3. The molecule has 1 aliphatic rings. The third-order valence-corrected chi connectivity index (χ3v) is 6.56. The summed E-state index contributed by atoms with van der Waals surface area (Å²) in [7, 11) is 0. The SMILES string of the molecule is CC(CCNC(=O)OCC1c2ccccc2-c2ccccc21)C(=O)NCC(CC(=O)O)C(C)C. The first kappa shape index (κ1) is 25.3. The number of aliphatic carboxylic acids is 1. The molecule has 2 aromatic rings. The summed E-state index contributed by atoms with van der Waals surface area (Å²) in [5.41, 5.74) is 4.67. The molecule has 182 valence electrons. The van der Waals surface area contributed by atoms with Crippen molar-refractivity contribution < 1.29 is 24.2 Å². The zero-order valence-electron chi connectivity index (χ0n) is 20.0. The van der Waals surface area contributed by atoms with Gasteiger partial charge >= 0.3 is 12.1 Å². The minimum atomic E-state index is -0.867. The molecule has 2 amide bonds. The number of hydrogen-bond acceptors (Lipinski definition) is 4. The highest BCUT2D eigenvalue weighted by molar-refractivity contribution is 5.79. The van der Waals surface area contributed by atoms with Crippen LogP contribution < -0.4 is 10.6 Å². The fourth-order valence-corrected chi connectivity index (χ4v) is 4.35. The maximum atomic E-state index is 12.4. The minimum absolute atomic E-state index is 0.00237. The monoisotopic (exact) mass is 466 g/mol. The molecule has 0 aromatic heterocycles. The van der Waals surface area contributed by atoms with E-state index in [1.54, 1.807) is 6.92 Å². The van der Waals surface area contributed by atoms with Crippen LogP contribution in [0.3, 0.4) is 0 Å². The molecule has 0 spiro atoms. The summed E-state index contributed by atoms with van der Waals surface area (Å²) in [5.74, 6) is -1.29. The summed E-state index contributed by atoms with van der Waals surface area (Å²) < 4.78 is 5.52. The Labute approximate surface area is 200 Å². The van der Waals surface area contributed by atoms with E-state index in [9.17, 15) is 14.4 Å². The highest BCUT2D eigenvalue weighted by Gasteiger charge is 2.29. The topological polar surface area (TPSA) is 105 Å². The molecule has 0 radical (unpaired) electrons. The van der Waals surface area contributed by atoms with E-state index in [4.69, 9.17) is 9.84 Å². The van der Waals surface area contributed by atoms with Crippen LogP contribution in [0.2, 0.25) is 0 Å². The van der Waals surface area contributed by atoms with Crippen LogP contribution in [0.4, 0.5) is 4.79 Å². The predicted molar refractivity (Wildman–Crippen MR) is 130 cm³/mol. The Hall–Kier alpha value is -3.35. The molecule has 0 heterocycles. The average molecular weight is 467 g/mol. The molecular weight excluding hydrogens is 432 g/mol. The van der Waals surface area contributed by atoms with Gasteiger partial charge in [0.2, 0.25) is 5.91 Å². The molecule has 0 saturated heterocycles. The zero-order chi connectivity index (χ0) is 24.7. The molecule has 2 aromatic carbocycles. The Kier molecular flexibility index (Phi) is 8.68. The first-order valence-electron chi connectivity index (χ1n) is 11.9. The fraction of sp³-hybridized carbons (Fsp3) is 0.444. The Morgan fingerprint density at radius 1 is 0.941 bits per heavy atom. The van der Waals surface area contributed by atoms with Crippen LogP contribution >= 0.6 is 0 Å². The van der Waals surface area contributed by atoms with Crippen LogP contribution in [-0.4, -0.2) is 42.8 Å². The number of amides is 2. The molecule has 0 bridgehead atoms. The number of carbonyl (C=O) groups excluding carboxylic acids is 2. The Bertz CT molecular complexity index is 974. The van der Waals surface area contributed by atoms with Gasteiger partial charge < -0.3 is 20.5 Å². The number of carboxylic acid groups (broad SMARTS) is 1. The van der Waals surface area contributed by atoms with Gasteiger partial charge in [0.1, 0.15) is 6.61 Å². The highest BCUT2D eigenvalue weighted by Crippen LogP contribution is 2.44. The molecular formula is C27H34N2O5. The third-order valence-electron chi connectivity index (χ3n) is 6.56. The molecule has 34 heavy (non-hydrogen) atoms. The predicted octanol–water partition coefficient (Wildman–Crippen LogP) is 4.41. The molecule has 7 nitrogen and oxygen atoms in total. The van der Waals surface area contributed by atoms with Gasteiger partial charge in [0.25, 0.3) is 0 Å². The summed E-state index contributed by atoms with van der Waals surface area (Å²) >= 11 is 0. The van der Waals surface area contributed by atoms with E-state index in [0.717, 1.165) is 11.1 Å². The zero-order valence-corrected chi connectivity index (χ0v) is 20.0. The lowest BCUT2D eigenvalue weighted by molar-refractivity contribution is -0.138. The van der Waals surface area contributed by atoms with E-state index < -0.39 is 12.1 Å². The van der Waals surface area contributed by atoms with E-state index in [0.29, 0.717) is 19.5 Å². The Morgan fingerprint density at radius 2 is 1.53 bits per heavy atom. The normalized spacial score (nSPS) is 14.1. The van der Waals surface area contributed by atoms with Crippen molar-refractivity contribution in [2.75, 3.05) is 19.7 Å². The van der Waals surface area contributed by atoms with Gasteiger partial charge in [-0.25, -0.2) is 4.79 Å². The van der Waals surface area contributed by atoms with Gasteiger partial charge in [0, 0.05) is 24.9 Å². The first-order chi connectivity index (χ1) is 16.3. The number of carboxylic acids is 1. The Balaban J connectivity index is 1.42. The first-order valence-corrected chi connectivity index (χ1v) is 11.9. The number of rotatable bonds is 11. The van der Waals surface area contributed by atoms with Gasteiger partial charge in [-0.2, -0.15) is 0 Å². The van der Waals surface area contributed by atoms with Crippen molar-refractivity contribution >= 4 is 18.0 Å². The van der Waals surface area contributed by atoms with Crippen LogP contribution in [0, 0.1) is 17.8 Å². The highest BCUT2D eigenvalue weighted by atomic mass is 16.5. The van der Waals surface area contributed by atoms with E-state index in [-0.39, 0.29) is 42.6 Å². The molecule has 0 aliphatic heterocycles. The van der Waals surface area contributed by atoms with Crippen LogP contribution in [-0.2, 0) is 14.3 Å². The lowest BCUT2D eigenvalue weighted by atomic mass is 9.92. The number of benzene rings is 2. The van der Waals surface area contributed by atoms with Crippen molar-refractivity contribution in [1.82, 2.24) is 10.6 Å². The van der Waals surface area contributed by atoms with Gasteiger partial charge in [0.05, 0.1) is 6.42 Å². The molecule has 1 aliphatic carbocycles. The maximum absolute atomic E-state index is 12.4. The van der Waals surface area contributed by atoms with E-state index >= 15 is 0 Å². The number of nitrogens with one attached hydrogen (secondary N) is 2. The van der Waals surface area contributed by atoms with Gasteiger partial charge in [-0.1, -0.05) is 69.3 Å². The van der Waals surface area contributed by atoms with Crippen LogP contribution in [0.25, 0.3) is 11.1 Å². The van der Waals surface area contributed by atoms with Gasteiger partial charge in [-0.05, 0) is 40.5 Å². The smallest absolute Gasteiger partial charge is 0.407 e. The van der Waals surface area contributed by atoms with Crippen molar-refractivity contribution in [2.45, 2.75) is 39.5 Å². The second kappa shape index (κ2) is 11.7. The van der Waals surface area contributed by atoms with Gasteiger partial charge in [-0.3, -0.25) is 9.59 Å². The molecule has 7 heteroatoms. The number of carbonyl (C=O) groups is 3. The molecule has 2 unspecified atom stereocenters. The summed E-state index contributed by atoms with van der Waals surface area (Å²) in [6.07, 6.45) is -0.0208. The van der Waals surface area contributed by atoms with E-state index in [1.165, 1.54) is 11.1 Å². The van der Waals surface area contributed by atoms with E-state index in [1.807, 2.05) is 38.1 Å². The molecule has 2 atom stereocenters.